The van der Waals surface area contributed by atoms with E-state index in [-0.39, 0.29) is 49.8 Å². The van der Waals surface area contributed by atoms with Gasteiger partial charge in [-0.05, 0) is 32.1 Å². The van der Waals surface area contributed by atoms with Gasteiger partial charge in [0.25, 0.3) is 0 Å². The fourth-order valence-corrected chi connectivity index (χ4v) is 4.00. The first-order chi connectivity index (χ1) is 17.6. The molecule has 1 aromatic heterocycles. The number of aromatic amines is 1. The summed E-state index contributed by atoms with van der Waals surface area (Å²) in [7, 11) is 0. The average Bonchev–Trinajstić information content (AvgIpc) is 3.16. The molecular formula is C25H43N5O7. The number of amides is 2. The number of carbonyl (C=O) groups excluding carboxylic acids is 2. The van der Waals surface area contributed by atoms with Crippen LogP contribution in [0.15, 0.2) is 0 Å². The second-order valence-electron chi connectivity index (χ2n) is 9.35. The Kier molecular flexibility index (Phi) is 15.4. The summed E-state index contributed by atoms with van der Waals surface area (Å²) in [6, 6.07) is -2.41. The molecule has 1 aromatic rings. The zero-order chi connectivity index (χ0) is 27.6. The zero-order valence-electron chi connectivity index (χ0n) is 21.8. The molecule has 0 radical (unpaired) electrons. The molecule has 2 atom stereocenters. The van der Waals surface area contributed by atoms with Crippen molar-refractivity contribution in [2.45, 2.75) is 115 Å². The molecule has 0 aromatic carbocycles. The number of carboxylic acid groups (broad SMARTS) is 2. The lowest BCUT2D eigenvalue weighted by Gasteiger charge is -2.17. The normalized spacial score (nSPS) is 12.6. The summed E-state index contributed by atoms with van der Waals surface area (Å²) in [6.45, 7) is 2.18. The van der Waals surface area contributed by atoms with Crippen LogP contribution >= 0.6 is 0 Å². The summed E-state index contributed by atoms with van der Waals surface area (Å²) in [6.07, 6.45) is 10.4. The number of carbonyl (C=O) groups is 4. The van der Waals surface area contributed by atoms with Crippen LogP contribution in [0.25, 0.3) is 0 Å². The van der Waals surface area contributed by atoms with Gasteiger partial charge in [-0.25, -0.2) is 9.59 Å². The van der Waals surface area contributed by atoms with Gasteiger partial charge in [0, 0.05) is 12.8 Å². The number of anilines is 1. The molecule has 0 bridgehead atoms. The van der Waals surface area contributed by atoms with Crippen LogP contribution in [-0.2, 0) is 25.6 Å². The van der Waals surface area contributed by atoms with E-state index in [1.807, 2.05) is 0 Å². The van der Waals surface area contributed by atoms with Crippen LogP contribution in [0.3, 0.4) is 0 Å². The minimum atomic E-state index is -1.25. The standard InChI is InChI=1S/C25H43N5O7/c1-2-3-4-5-6-7-8-9-10-14-20(31)28-19(24(36)37)15-16-21(32)27-18(23(34)35)13-11-12-17-22(33)30-25(26)29-17/h18-19,33H,2-16H2,1H3,(H,27,32)(H,28,31)(H,34,35)(H,36,37)(H3,26,29,30)/t18?,19-/m1/s1. The van der Waals surface area contributed by atoms with E-state index in [0.717, 1.165) is 19.3 Å². The number of aromatic hydroxyl groups is 1. The molecule has 1 rings (SSSR count). The number of unbranched alkanes of at least 4 members (excludes halogenated alkanes) is 8. The number of aliphatic carboxylic acids is 2. The third-order valence-electron chi connectivity index (χ3n) is 6.13. The van der Waals surface area contributed by atoms with Crippen molar-refractivity contribution in [1.82, 2.24) is 20.6 Å². The lowest BCUT2D eigenvalue weighted by Crippen LogP contribution is -2.44. The van der Waals surface area contributed by atoms with Gasteiger partial charge in [-0.2, -0.15) is 4.98 Å². The van der Waals surface area contributed by atoms with Crippen LogP contribution in [0.1, 0.15) is 103 Å². The molecule has 1 unspecified atom stereocenters. The number of rotatable bonds is 21. The number of nitrogen functional groups attached to an aromatic ring is 1. The van der Waals surface area contributed by atoms with E-state index < -0.39 is 29.9 Å². The van der Waals surface area contributed by atoms with E-state index in [4.69, 9.17) is 5.73 Å². The number of nitrogens with zero attached hydrogens (tertiary/aromatic N) is 1. The topological polar surface area (TPSA) is 208 Å². The highest BCUT2D eigenvalue weighted by Gasteiger charge is 2.24. The number of H-pyrrole nitrogens is 1. The number of hydrogen-bond donors (Lipinski definition) is 7. The second-order valence-corrected chi connectivity index (χ2v) is 9.35. The summed E-state index contributed by atoms with van der Waals surface area (Å²) in [5, 5.41) is 33.2. The molecular weight excluding hydrogens is 482 g/mol. The number of aryl methyl sites for hydroxylation is 1. The van der Waals surface area contributed by atoms with Crippen molar-refractivity contribution in [3.05, 3.63) is 5.69 Å². The van der Waals surface area contributed by atoms with Gasteiger partial charge in [0.05, 0.1) is 5.69 Å². The van der Waals surface area contributed by atoms with Gasteiger partial charge in [-0.3, -0.25) is 9.59 Å². The van der Waals surface area contributed by atoms with Gasteiger partial charge >= 0.3 is 11.9 Å². The quantitative estimate of drug-likeness (QED) is 0.118. The van der Waals surface area contributed by atoms with Crippen LogP contribution in [0.2, 0.25) is 0 Å². The van der Waals surface area contributed by atoms with E-state index in [2.05, 4.69) is 27.5 Å². The van der Waals surface area contributed by atoms with E-state index in [0.29, 0.717) is 18.5 Å². The predicted molar refractivity (Wildman–Crippen MR) is 138 cm³/mol. The summed E-state index contributed by atoms with van der Waals surface area (Å²) >= 11 is 0. The predicted octanol–water partition coefficient (Wildman–Crippen LogP) is 2.86. The van der Waals surface area contributed by atoms with Gasteiger partial charge in [0.2, 0.25) is 23.6 Å². The Bertz CT molecular complexity index is 858. The first-order valence-corrected chi connectivity index (χ1v) is 13.2. The number of hydrogen-bond acceptors (Lipinski definition) is 7. The van der Waals surface area contributed by atoms with Gasteiger partial charge < -0.3 is 36.7 Å². The maximum Gasteiger partial charge on any atom is 0.326 e. The van der Waals surface area contributed by atoms with Crippen LogP contribution < -0.4 is 16.4 Å². The van der Waals surface area contributed by atoms with Crippen molar-refractivity contribution in [1.29, 1.82) is 0 Å². The molecule has 2 amide bonds. The van der Waals surface area contributed by atoms with Crippen LogP contribution in [0, 0.1) is 0 Å². The third kappa shape index (κ3) is 14.1. The van der Waals surface area contributed by atoms with E-state index >= 15 is 0 Å². The van der Waals surface area contributed by atoms with Crippen molar-refractivity contribution in [2.75, 3.05) is 5.73 Å². The summed E-state index contributed by atoms with van der Waals surface area (Å²) in [5.74, 6) is -3.69. The number of aromatic nitrogens is 2. The SMILES string of the molecule is CCCCCCCCCCCC(=O)N[C@H](CCC(=O)NC(CCCc1[nH]c(N)nc1O)C(=O)O)C(=O)O. The molecule has 0 aliphatic heterocycles. The molecule has 37 heavy (non-hydrogen) atoms. The fraction of sp³-hybridized carbons (Fsp3) is 0.720. The molecule has 0 aliphatic rings. The number of imidazole rings is 1. The minimum Gasteiger partial charge on any atom is -0.492 e. The van der Waals surface area contributed by atoms with Crippen molar-refractivity contribution < 1.29 is 34.5 Å². The molecule has 0 saturated carbocycles. The van der Waals surface area contributed by atoms with Crippen molar-refractivity contribution in [3.63, 3.8) is 0 Å². The smallest absolute Gasteiger partial charge is 0.326 e. The fourth-order valence-electron chi connectivity index (χ4n) is 4.00. The zero-order valence-corrected chi connectivity index (χ0v) is 21.8. The van der Waals surface area contributed by atoms with Crippen LogP contribution in [0.4, 0.5) is 5.95 Å². The molecule has 12 nitrogen and oxygen atoms in total. The Balaban J connectivity index is 2.32. The first kappa shape index (κ1) is 31.7. The number of carboxylic acids is 2. The van der Waals surface area contributed by atoms with Crippen molar-refractivity contribution in [2.24, 2.45) is 0 Å². The Morgan fingerprint density at radius 2 is 1.32 bits per heavy atom. The number of nitrogens with two attached hydrogens (primary N) is 1. The Hall–Kier alpha value is -3.31. The van der Waals surface area contributed by atoms with E-state index in [1.165, 1.54) is 32.1 Å². The van der Waals surface area contributed by atoms with Gasteiger partial charge in [0.15, 0.2) is 0 Å². The summed E-state index contributed by atoms with van der Waals surface area (Å²) in [5.41, 5.74) is 5.82. The van der Waals surface area contributed by atoms with Crippen molar-refractivity contribution >= 4 is 29.7 Å². The monoisotopic (exact) mass is 525 g/mol. The maximum atomic E-state index is 12.3. The third-order valence-corrected chi connectivity index (χ3v) is 6.13. The highest BCUT2D eigenvalue weighted by molar-refractivity contribution is 5.86. The molecule has 1 heterocycles. The van der Waals surface area contributed by atoms with E-state index in [9.17, 15) is 34.5 Å². The Morgan fingerprint density at radius 1 is 0.811 bits per heavy atom. The highest BCUT2D eigenvalue weighted by atomic mass is 16.4. The Labute approximate surface area is 217 Å². The minimum absolute atomic E-state index is 0.0452. The summed E-state index contributed by atoms with van der Waals surface area (Å²) in [4.78, 5) is 53.7. The highest BCUT2D eigenvalue weighted by Crippen LogP contribution is 2.17. The van der Waals surface area contributed by atoms with Crippen LogP contribution in [-0.4, -0.2) is 61.1 Å². The average molecular weight is 526 g/mol. The molecule has 210 valence electrons. The van der Waals surface area contributed by atoms with E-state index in [1.54, 1.807) is 0 Å². The van der Waals surface area contributed by atoms with Crippen LogP contribution in [0.5, 0.6) is 5.88 Å². The largest absolute Gasteiger partial charge is 0.492 e. The first-order valence-electron chi connectivity index (χ1n) is 13.2. The van der Waals surface area contributed by atoms with Gasteiger partial charge in [0.1, 0.15) is 12.1 Å². The lowest BCUT2D eigenvalue weighted by molar-refractivity contribution is -0.143. The molecule has 0 spiro atoms. The summed E-state index contributed by atoms with van der Waals surface area (Å²) < 4.78 is 0. The van der Waals surface area contributed by atoms with Gasteiger partial charge in [-0.15, -0.1) is 0 Å². The molecule has 8 N–H and O–H groups in total. The Morgan fingerprint density at radius 3 is 1.84 bits per heavy atom. The lowest BCUT2D eigenvalue weighted by atomic mass is 10.1. The van der Waals surface area contributed by atoms with Crippen molar-refractivity contribution in [3.8, 4) is 5.88 Å². The second kappa shape index (κ2) is 18.0. The molecule has 0 aliphatic carbocycles. The van der Waals surface area contributed by atoms with Gasteiger partial charge in [-0.1, -0.05) is 58.3 Å². The molecule has 0 saturated heterocycles. The molecule has 12 heteroatoms. The number of nitrogens with one attached hydrogen (secondary N) is 3. The maximum absolute atomic E-state index is 12.3. The molecule has 0 fully saturated rings.